The van der Waals surface area contributed by atoms with Crippen LogP contribution in [0.5, 0.6) is 0 Å². The minimum absolute atomic E-state index is 0.0905. The molecule has 3 N–H and O–H groups in total. The number of rotatable bonds is 7. The highest BCUT2D eigenvalue weighted by Crippen LogP contribution is 2.35. The first-order valence-corrected chi connectivity index (χ1v) is 7.60. The second kappa shape index (κ2) is 8.20. The second-order valence-corrected chi connectivity index (χ2v) is 5.64. The fourth-order valence-electron chi connectivity index (χ4n) is 3.21. The highest BCUT2D eigenvalue weighted by atomic mass is 19.4. The topological polar surface area (TPSA) is 47.3 Å². The van der Waals surface area contributed by atoms with Gasteiger partial charge in [-0.1, -0.05) is 25.7 Å². The van der Waals surface area contributed by atoms with Crippen molar-refractivity contribution in [3.63, 3.8) is 0 Å². The molecule has 0 aromatic heterocycles. The number of nitrogens with two attached hydrogens (primary N) is 1. The second-order valence-electron chi connectivity index (χ2n) is 5.64. The summed E-state index contributed by atoms with van der Waals surface area (Å²) in [5.41, 5.74) is 2.32. The normalized spacial score (nSPS) is 21.4. The van der Waals surface area contributed by atoms with Gasteiger partial charge in [0.05, 0.1) is 11.6 Å². The van der Waals surface area contributed by atoms with Crippen molar-refractivity contribution in [1.29, 1.82) is 0 Å². The third-order valence-electron chi connectivity index (χ3n) is 4.17. The molecule has 1 fully saturated rings. The maximum absolute atomic E-state index is 12.3. The van der Waals surface area contributed by atoms with E-state index < -0.39 is 18.2 Å². The van der Waals surface area contributed by atoms with Crippen LogP contribution in [-0.2, 0) is 4.74 Å². The number of hydrogen-bond acceptors (Lipinski definition) is 3. The van der Waals surface area contributed by atoms with Crippen molar-refractivity contribution >= 4 is 0 Å². The number of nitrogens with one attached hydrogen (secondary N) is 1. The van der Waals surface area contributed by atoms with Crippen LogP contribution < -0.4 is 11.3 Å². The quantitative estimate of drug-likeness (QED) is 0.428. The molecule has 0 aromatic rings. The molecule has 1 aliphatic carbocycles. The molecule has 0 bridgehead atoms. The fourth-order valence-corrected chi connectivity index (χ4v) is 3.21. The number of halogens is 3. The Morgan fingerprint density at radius 2 is 1.80 bits per heavy atom. The molecule has 1 rings (SSSR count). The fraction of sp³-hybridized carbons (Fsp3) is 1.00. The minimum Gasteiger partial charge on any atom is -0.374 e. The van der Waals surface area contributed by atoms with Gasteiger partial charge in [-0.25, -0.2) is 0 Å². The molecule has 3 nitrogen and oxygen atoms in total. The van der Waals surface area contributed by atoms with Gasteiger partial charge in [-0.3, -0.25) is 11.3 Å². The Balaban J connectivity index is 2.64. The highest BCUT2D eigenvalue weighted by Gasteiger charge is 2.39. The van der Waals surface area contributed by atoms with Crippen molar-refractivity contribution in [2.24, 2.45) is 5.84 Å². The Labute approximate surface area is 119 Å². The predicted octanol–water partition coefficient (Wildman–Crippen LogP) is 3.68. The molecule has 0 saturated heterocycles. The third kappa shape index (κ3) is 5.58. The molecule has 0 radical (unpaired) electrons. The van der Waals surface area contributed by atoms with Crippen molar-refractivity contribution in [2.75, 3.05) is 6.61 Å². The van der Waals surface area contributed by atoms with Crippen LogP contribution in [0.1, 0.15) is 64.7 Å². The summed E-state index contributed by atoms with van der Waals surface area (Å²) < 4.78 is 42.8. The summed E-state index contributed by atoms with van der Waals surface area (Å²) in [7, 11) is 0. The van der Waals surface area contributed by atoms with Gasteiger partial charge in [0.15, 0.2) is 0 Å². The van der Waals surface area contributed by atoms with Gasteiger partial charge in [0, 0.05) is 13.0 Å². The molecule has 0 spiro atoms. The summed E-state index contributed by atoms with van der Waals surface area (Å²) in [6.45, 7) is 2.49. The van der Waals surface area contributed by atoms with E-state index in [1.54, 1.807) is 0 Å². The van der Waals surface area contributed by atoms with Gasteiger partial charge >= 0.3 is 6.18 Å². The summed E-state index contributed by atoms with van der Waals surface area (Å²) >= 11 is 0. The smallest absolute Gasteiger partial charge is 0.374 e. The standard InChI is InChI=1S/C14H27F3N2O/c1-2-20-13(9-5-3-4-6-10-13)12(19-18)8-7-11-14(15,16)17/h12,19H,2-11,18H2,1H3. The van der Waals surface area contributed by atoms with Gasteiger partial charge in [-0.15, -0.1) is 0 Å². The van der Waals surface area contributed by atoms with Gasteiger partial charge in [-0.2, -0.15) is 13.2 Å². The molecule has 20 heavy (non-hydrogen) atoms. The monoisotopic (exact) mass is 296 g/mol. The SMILES string of the molecule is CCOC1(C(CCCC(F)(F)F)NN)CCCCCC1. The minimum atomic E-state index is -4.10. The van der Waals surface area contributed by atoms with E-state index in [4.69, 9.17) is 10.6 Å². The average molecular weight is 296 g/mol. The number of hydrazine groups is 1. The zero-order chi connectivity index (χ0) is 15.1. The van der Waals surface area contributed by atoms with Gasteiger partial charge < -0.3 is 4.74 Å². The molecule has 6 heteroatoms. The van der Waals surface area contributed by atoms with Crippen molar-refractivity contribution in [3.8, 4) is 0 Å². The van der Waals surface area contributed by atoms with Crippen molar-refractivity contribution in [1.82, 2.24) is 5.43 Å². The number of alkyl halides is 3. The summed E-state index contributed by atoms with van der Waals surface area (Å²) in [4.78, 5) is 0. The number of hydrogen-bond donors (Lipinski definition) is 2. The summed E-state index contributed by atoms with van der Waals surface area (Å²) in [5.74, 6) is 5.61. The third-order valence-corrected chi connectivity index (χ3v) is 4.17. The van der Waals surface area contributed by atoms with Crippen LogP contribution in [0.15, 0.2) is 0 Å². The van der Waals surface area contributed by atoms with Crippen LogP contribution in [-0.4, -0.2) is 24.4 Å². The van der Waals surface area contributed by atoms with Crippen LogP contribution in [0.4, 0.5) is 13.2 Å². The Hall–Kier alpha value is -0.330. The van der Waals surface area contributed by atoms with Crippen molar-refractivity contribution in [2.45, 2.75) is 82.5 Å². The first-order chi connectivity index (χ1) is 9.43. The lowest BCUT2D eigenvalue weighted by atomic mass is 9.83. The van der Waals surface area contributed by atoms with Crippen LogP contribution >= 0.6 is 0 Å². The predicted molar refractivity (Wildman–Crippen MR) is 73.1 cm³/mol. The molecule has 1 unspecified atom stereocenters. The van der Waals surface area contributed by atoms with Gasteiger partial charge in [0.2, 0.25) is 0 Å². The number of ether oxygens (including phenoxy) is 1. The van der Waals surface area contributed by atoms with E-state index in [0.29, 0.717) is 13.0 Å². The summed E-state index contributed by atoms with van der Waals surface area (Å²) in [6.07, 6.45) is 1.82. The van der Waals surface area contributed by atoms with Crippen LogP contribution in [0.3, 0.4) is 0 Å². The van der Waals surface area contributed by atoms with Crippen LogP contribution in [0.2, 0.25) is 0 Å². The Bertz CT molecular complexity index is 264. The van der Waals surface area contributed by atoms with Crippen molar-refractivity contribution in [3.05, 3.63) is 0 Å². The largest absolute Gasteiger partial charge is 0.389 e. The lowest BCUT2D eigenvalue weighted by molar-refractivity contribution is -0.137. The Kier molecular flexibility index (Phi) is 7.26. The van der Waals surface area contributed by atoms with E-state index in [1.165, 1.54) is 0 Å². The molecule has 0 aliphatic heterocycles. The molecule has 1 atom stereocenters. The molecule has 0 heterocycles. The maximum Gasteiger partial charge on any atom is 0.389 e. The van der Waals surface area contributed by atoms with Gasteiger partial charge in [0.1, 0.15) is 0 Å². The summed E-state index contributed by atoms with van der Waals surface area (Å²) in [6, 6.07) is -0.206. The zero-order valence-corrected chi connectivity index (χ0v) is 12.3. The molecule has 120 valence electrons. The molecule has 0 aromatic carbocycles. The van der Waals surface area contributed by atoms with Gasteiger partial charge in [0.25, 0.3) is 0 Å². The van der Waals surface area contributed by atoms with E-state index in [0.717, 1.165) is 38.5 Å². The Morgan fingerprint density at radius 1 is 1.20 bits per heavy atom. The van der Waals surface area contributed by atoms with E-state index in [2.05, 4.69) is 5.43 Å². The molecular weight excluding hydrogens is 269 g/mol. The first kappa shape index (κ1) is 17.7. The zero-order valence-electron chi connectivity index (χ0n) is 12.3. The van der Waals surface area contributed by atoms with Crippen molar-refractivity contribution < 1.29 is 17.9 Å². The molecular formula is C14H27F3N2O. The maximum atomic E-state index is 12.3. The average Bonchev–Trinajstić information content (AvgIpc) is 2.60. The molecule has 1 aliphatic rings. The lowest BCUT2D eigenvalue weighted by Crippen LogP contribution is -2.54. The molecule has 1 saturated carbocycles. The van der Waals surface area contributed by atoms with E-state index >= 15 is 0 Å². The van der Waals surface area contributed by atoms with Crippen LogP contribution in [0, 0.1) is 0 Å². The lowest BCUT2D eigenvalue weighted by Gasteiger charge is -2.40. The van der Waals surface area contributed by atoms with Crippen LogP contribution in [0.25, 0.3) is 0 Å². The van der Waals surface area contributed by atoms with E-state index in [-0.39, 0.29) is 12.5 Å². The Morgan fingerprint density at radius 3 is 2.25 bits per heavy atom. The molecule has 0 amide bonds. The highest BCUT2D eigenvalue weighted by molar-refractivity contribution is 4.93. The first-order valence-electron chi connectivity index (χ1n) is 7.60. The van der Waals surface area contributed by atoms with E-state index in [1.807, 2.05) is 6.92 Å². The summed E-state index contributed by atoms with van der Waals surface area (Å²) in [5, 5.41) is 0. The van der Waals surface area contributed by atoms with E-state index in [9.17, 15) is 13.2 Å². The van der Waals surface area contributed by atoms with Gasteiger partial charge in [-0.05, 0) is 32.6 Å².